The summed E-state index contributed by atoms with van der Waals surface area (Å²) in [5.74, 6) is 1.25. The normalized spacial score (nSPS) is 10.4. The van der Waals surface area contributed by atoms with E-state index in [1.165, 1.54) is 0 Å². The van der Waals surface area contributed by atoms with Crippen molar-refractivity contribution in [2.24, 2.45) is 0 Å². The van der Waals surface area contributed by atoms with Gasteiger partial charge in [0.15, 0.2) is 6.61 Å². The summed E-state index contributed by atoms with van der Waals surface area (Å²) in [6.07, 6.45) is 5.05. The molecule has 3 rings (SSSR count). The third kappa shape index (κ3) is 5.19. The number of benzene rings is 1. The van der Waals surface area contributed by atoms with E-state index in [9.17, 15) is 4.79 Å². The van der Waals surface area contributed by atoms with Crippen molar-refractivity contribution in [1.82, 2.24) is 9.88 Å². The quantitative estimate of drug-likeness (QED) is 0.600. The monoisotopic (exact) mass is 400 g/mol. The summed E-state index contributed by atoms with van der Waals surface area (Å²) in [7, 11) is 0. The van der Waals surface area contributed by atoms with Gasteiger partial charge in [-0.15, -0.1) is 0 Å². The minimum absolute atomic E-state index is 0.0391. The standard InChI is InChI=1S/C19H17BrN2O3/c20-16-5-7-17(8-6-16)25-14-19(23)22(13-18-4-2-10-24-18)12-15-3-1-9-21-11-15/h1-11H,12-14H2. The highest BCUT2D eigenvalue weighted by atomic mass is 79.9. The summed E-state index contributed by atoms with van der Waals surface area (Å²) in [6.45, 7) is 0.782. The molecule has 0 radical (unpaired) electrons. The maximum absolute atomic E-state index is 12.6. The molecule has 128 valence electrons. The third-order valence-electron chi connectivity index (χ3n) is 3.55. The zero-order valence-corrected chi connectivity index (χ0v) is 15.1. The zero-order valence-electron chi connectivity index (χ0n) is 13.5. The molecule has 0 saturated heterocycles. The molecule has 0 saturated carbocycles. The van der Waals surface area contributed by atoms with Gasteiger partial charge in [-0.2, -0.15) is 0 Å². The highest BCUT2D eigenvalue weighted by Gasteiger charge is 2.17. The third-order valence-corrected chi connectivity index (χ3v) is 4.08. The molecule has 0 N–H and O–H groups in total. The van der Waals surface area contributed by atoms with E-state index < -0.39 is 0 Å². The number of carbonyl (C=O) groups is 1. The van der Waals surface area contributed by atoms with Crippen molar-refractivity contribution < 1.29 is 13.9 Å². The van der Waals surface area contributed by atoms with E-state index in [-0.39, 0.29) is 12.5 Å². The molecular weight excluding hydrogens is 384 g/mol. The van der Waals surface area contributed by atoms with Crippen LogP contribution in [0.15, 0.2) is 76.1 Å². The molecule has 0 aliphatic carbocycles. The summed E-state index contributed by atoms with van der Waals surface area (Å²) >= 11 is 3.37. The largest absolute Gasteiger partial charge is 0.484 e. The molecule has 5 nitrogen and oxygen atoms in total. The van der Waals surface area contributed by atoms with Gasteiger partial charge in [0, 0.05) is 23.4 Å². The molecule has 3 aromatic rings. The van der Waals surface area contributed by atoms with E-state index in [1.54, 1.807) is 29.6 Å². The smallest absolute Gasteiger partial charge is 0.261 e. The number of hydrogen-bond acceptors (Lipinski definition) is 4. The van der Waals surface area contributed by atoms with Gasteiger partial charge in [-0.1, -0.05) is 22.0 Å². The Morgan fingerprint density at radius 1 is 1.12 bits per heavy atom. The first-order chi connectivity index (χ1) is 12.2. The number of halogens is 1. The molecule has 0 aliphatic rings. The molecule has 2 heterocycles. The number of hydrogen-bond donors (Lipinski definition) is 0. The molecule has 1 amide bonds. The molecule has 0 bridgehead atoms. The van der Waals surface area contributed by atoms with E-state index in [2.05, 4.69) is 20.9 Å². The lowest BCUT2D eigenvalue weighted by Crippen LogP contribution is -2.34. The predicted molar refractivity (Wildman–Crippen MR) is 96.8 cm³/mol. The lowest BCUT2D eigenvalue weighted by molar-refractivity contribution is -0.134. The van der Waals surface area contributed by atoms with Crippen molar-refractivity contribution in [2.45, 2.75) is 13.1 Å². The molecule has 0 atom stereocenters. The number of ether oxygens (including phenoxy) is 1. The number of aromatic nitrogens is 1. The minimum atomic E-state index is -0.122. The van der Waals surface area contributed by atoms with Gasteiger partial charge in [0.1, 0.15) is 11.5 Å². The molecule has 0 aliphatic heterocycles. The summed E-state index contributed by atoms with van der Waals surface area (Å²) in [5, 5.41) is 0. The number of pyridine rings is 1. The van der Waals surface area contributed by atoms with E-state index in [0.717, 1.165) is 15.8 Å². The molecule has 0 fully saturated rings. The maximum Gasteiger partial charge on any atom is 0.261 e. The molecule has 1 aromatic carbocycles. The van der Waals surface area contributed by atoms with Crippen molar-refractivity contribution in [3.63, 3.8) is 0 Å². The molecule has 6 heteroatoms. The van der Waals surface area contributed by atoms with E-state index in [1.807, 2.05) is 42.5 Å². The Morgan fingerprint density at radius 2 is 1.96 bits per heavy atom. The molecular formula is C19H17BrN2O3. The van der Waals surface area contributed by atoms with Gasteiger partial charge in [-0.05, 0) is 48.0 Å². The fourth-order valence-corrected chi connectivity index (χ4v) is 2.57. The first-order valence-corrected chi connectivity index (χ1v) is 8.57. The van der Waals surface area contributed by atoms with Crippen LogP contribution in [0.5, 0.6) is 5.75 Å². The van der Waals surface area contributed by atoms with Crippen LogP contribution >= 0.6 is 15.9 Å². The van der Waals surface area contributed by atoms with Crippen molar-refractivity contribution in [3.05, 3.63) is 83.0 Å². The van der Waals surface area contributed by atoms with Gasteiger partial charge in [-0.3, -0.25) is 9.78 Å². The van der Waals surface area contributed by atoms with Crippen LogP contribution in [0, 0.1) is 0 Å². The second-order valence-electron chi connectivity index (χ2n) is 5.43. The predicted octanol–water partition coefficient (Wildman–Crippen LogP) is 4.04. The van der Waals surface area contributed by atoms with Gasteiger partial charge in [-0.25, -0.2) is 0 Å². The molecule has 0 spiro atoms. The Kier molecular flexibility index (Phi) is 5.85. The van der Waals surface area contributed by atoms with Crippen molar-refractivity contribution in [3.8, 4) is 5.75 Å². The average molecular weight is 401 g/mol. The van der Waals surface area contributed by atoms with E-state index >= 15 is 0 Å². The van der Waals surface area contributed by atoms with Crippen LogP contribution in [0.3, 0.4) is 0 Å². The molecule has 25 heavy (non-hydrogen) atoms. The van der Waals surface area contributed by atoms with E-state index in [4.69, 9.17) is 9.15 Å². The summed E-state index contributed by atoms with van der Waals surface area (Å²) in [6, 6.07) is 14.8. The topological polar surface area (TPSA) is 55.6 Å². The lowest BCUT2D eigenvalue weighted by atomic mass is 10.2. The van der Waals surface area contributed by atoms with Crippen LogP contribution < -0.4 is 4.74 Å². The van der Waals surface area contributed by atoms with Crippen LogP contribution in [0.25, 0.3) is 0 Å². The number of nitrogens with zero attached hydrogens (tertiary/aromatic N) is 2. The number of rotatable bonds is 7. The zero-order chi connectivity index (χ0) is 17.5. The fourth-order valence-electron chi connectivity index (χ4n) is 2.30. The SMILES string of the molecule is O=C(COc1ccc(Br)cc1)N(Cc1cccnc1)Cc1ccco1. The second kappa shape index (κ2) is 8.48. The van der Waals surface area contributed by atoms with Gasteiger partial charge in [0.25, 0.3) is 5.91 Å². The number of amides is 1. The maximum atomic E-state index is 12.6. The van der Waals surface area contributed by atoms with Crippen LogP contribution in [-0.2, 0) is 17.9 Å². The molecule has 2 aromatic heterocycles. The van der Waals surface area contributed by atoms with Crippen LogP contribution in [0.2, 0.25) is 0 Å². The van der Waals surface area contributed by atoms with Gasteiger partial charge in [0.2, 0.25) is 0 Å². The summed E-state index contributed by atoms with van der Waals surface area (Å²) < 4.78 is 11.9. The average Bonchev–Trinajstić information content (AvgIpc) is 3.14. The van der Waals surface area contributed by atoms with Crippen molar-refractivity contribution in [2.75, 3.05) is 6.61 Å². The second-order valence-corrected chi connectivity index (χ2v) is 6.35. The van der Waals surface area contributed by atoms with Gasteiger partial charge in [0.05, 0.1) is 12.8 Å². The summed E-state index contributed by atoms with van der Waals surface area (Å²) in [5.41, 5.74) is 0.950. The van der Waals surface area contributed by atoms with Crippen LogP contribution in [0.4, 0.5) is 0 Å². The summed E-state index contributed by atoms with van der Waals surface area (Å²) in [4.78, 5) is 18.4. The Labute approximate surface area is 154 Å². The molecule has 0 unspecified atom stereocenters. The van der Waals surface area contributed by atoms with Gasteiger partial charge < -0.3 is 14.1 Å². The lowest BCUT2D eigenvalue weighted by Gasteiger charge is -2.22. The van der Waals surface area contributed by atoms with Crippen LogP contribution in [0.1, 0.15) is 11.3 Å². The van der Waals surface area contributed by atoms with Crippen LogP contribution in [-0.4, -0.2) is 22.4 Å². The van der Waals surface area contributed by atoms with Gasteiger partial charge >= 0.3 is 0 Å². The van der Waals surface area contributed by atoms with Crippen molar-refractivity contribution >= 4 is 21.8 Å². The Morgan fingerprint density at radius 3 is 2.64 bits per heavy atom. The fraction of sp³-hybridized carbons (Fsp3) is 0.158. The van der Waals surface area contributed by atoms with Crippen molar-refractivity contribution in [1.29, 1.82) is 0 Å². The first kappa shape index (κ1) is 17.2. The Balaban J connectivity index is 1.66. The Bertz CT molecular complexity index is 789. The minimum Gasteiger partial charge on any atom is -0.484 e. The number of carbonyl (C=O) groups excluding carboxylic acids is 1. The highest BCUT2D eigenvalue weighted by Crippen LogP contribution is 2.17. The number of furan rings is 1. The van der Waals surface area contributed by atoms with E-state index in [0.29, 0.717) is 18.8 Å². The highest BCUT2D eigenvalue weighted by molar-refractivity contribution is 9.10. The Hall–Kier alpha value is -2.60. The first-order valence-electron chi connectivity index (χ1n) is 7.78.